The highest BCUT2D eigenvalue weighted by Gasteiger charge is 2.38. The number of likely N-dealkylation sites (N-methyl/N-ethyl adjacent to an activating group) is 1. The number of carbonyl (C=O) groups excluding carboxylic acids is 4. The number of amides is 3. The molecule has 0 saturated carbocycles. The zero-order valence-corrected chi connectivity index (χ0v) is 19.5. The first-order chi connectivity index (χ1) is 16.7. The number of hydrogen-bond donors (Lipinski definition) is 0. The lowest BCUT2D eigenvalue weighted by atomic mass is 10.1. The number of halogens is 1. The molecule has 3 aromatic rings. The zero-order chi connectivity index (χ0) is 25.3. The minimum atomic E-state index is -0.790. The van der Waals surface area contributed by atoms with Gasteiger partial charge in [-0.3, -0.25) is 14.4 Å². The van der Waals surface area contributed by atoms with Crippen LogP contribution in [0.4, 0.5) is 10.1 Å². The first kappa shape index (κ1) is 23.8. The maximum Gasteiger partial charge on any atom is 0.338 e. The second-order valence-electron chi connectivity index (χ2n) is 8.45. The number of anilines is 1. The van der Waals surface area contributed by atoms with Gasteiger partial charge in [-0.05, 0) is 66.9 Å². The molecule has 0 radical (unpaired) electrons. The summed E-state index contributed by atoms with van der Waals surface area (Å²) < 4.78 is 18.2. The van der Waals surface area contributed by atoms with E-state index in [1.807, 2.05) is 26.0 Å². The van der Waals surface area contributed by atoms with Gasteiger partial charge in [-0.25, -0.2) is 14.1 Å². The summed E-state index contributed by atoms with van der Waals surface area (Å²) in [6, 6.07) is 15.3. The van der Waals surface area contributed by atoms with Crippen LogP contribution >= 0.6 is 0 Å². The fourth-order valence-electron chi connectivity index (χ4n) is 3.82. The number of ether oxygens (including phenoxy) is 1. The van der Waals surface area contributed by atoms with Crippen LogP contribution in [0.5, 0.6) is 0 Å². The Kier molecular flexibility index (Phi) is 6.46. The quantitative estimate of drug-likeness (QED) is 0.398. The summed E-state index contributed by atoms with van der Waals surface area (Å²) in [6.45, 7) is 3.40. The Morgan fingerprint density at radius 1 is 0.914 bits per heavy atom. The number of fused-ring (bicyclic) bond motifs is 1. The lowest BCUT2D eigenvalue weighted by Gasteiger charge is -2.17. The van der Waals surface area contributed by atoms with Crippen molar-refractivity contribution in [2.45, 2.75) is 20.4 Å². The smallest absolute Gasteiger partial charge is 0.338 e. The monoisotopic (exact) mass is 474 g/mol. The Bertz CT molecular complexity index is 1350. The van der Waals surface area contributed by atoms with Crippen LogP contribution in [-0.4, -0.2) is 42.2 Å². The lowest BCUT2D eigenvalue weighted by molar-refractivity contribution is -0.133. The summed E-state index contributed by atoms with van der Waals surface area (Å²) in [5.41, 5.74) is 3.25. The molecular formula is C27H23FN2O5. The average Bonchev–Trinajstić information content (AvgIpc) is 3.09. The molecule has 0 aromatic heterocycles. The Morgan fingerprint density at radius 3 is 2.31 bits per heavy atom. The number of hydrogen-bond acceptors (Lipinski definition) is 5. The number of carbonyl (C=O) groups is 4. The predicted octanol–water partition coefficient (Wildman–Crippen LogP) is 4.06. The molecule has 0 fully saturated rings. The van der Waals surface area contributed by atoms with Crippen molar-refractivity contribution in [2.24, 2.45) is 0 Å². The van der Waals surface area contributed by atoms with Crippen LogP contribution in [0.2, 0.25) is 0 Å². The molecule has 0 bridgehead atoms. The maximum atomic E-state index is 13.1. The number of rotatable bonds is 6. The standard InChI is InChI=1S/C27H23FN2O5/c1-16-4-5-17(2)23(12-16)30-25(32)21-11-8-19(13-22(21)26(30)33)27(34)35-15-24(31)29(3)14-18-6-9-20(28)10-7-18/h4-13H,14-15H2,1-3H3. The van der Waals surface area contributed by atoms with E-state index in [0.29, 0.717) is 5.69 Å². The summed E-state index contributed by atoms with van der Waals surface area (Å²) in [4.78, 5) is 53.4. The normalized spacial score (nSPS) is 12.5. The van der Waals surface area contributed by atoms with Crippen LogP contribution in [0.3, 0.4) is 0 Å². The highest BCUT2D eigenvalue weighted by molar-refractivity contribution is 6.35. The molecule has 0 aliphatic carbocycles. The summed E-state index contributed by atoms with van der Waals surface area (Å²) in [7, 11) is 1.54. The van der Waals surface area contributed by atoms with Gasteiger partial charge in [0.15, 0.2) is 6.61 Å². The third-order valence-electron chi connectivity index (χ3n) is 5.81. The number of nitrogens with zero attached hydrogens (tertiary/aromatic N) is 2. The van der Waals surface area contributed by atoms with Crippen LogP contribution in [0, 0.1) is 19.7 Å². The molecule has 7 nitrogen and oxygen atoms in total. The van der Waals surface area contributed by atoms with Crippen molar-refractivity contribution in [1.82, 2.24) is 4.90 Å². The molecule has 0 N–H and O–H groups in total. The van der Waals surface area contributed by atoms with Crippen molar-refractivity contribution in [1.29, 1.82) is 0 Å². The van der Waals surface area contributed by atoms with Gasteiger partial charge in [-0.15, -0.1) is 0 Å². The second kappa shape index (κ2) is 9.50. The first-order valence-electron chi connectivity index (χ1n) is 10.9. The van der Waals surface area contributed by atoms with Gasteiger partial charge >= 0.3 is 5.97 Å². The van der Waals surface area contributed by atoms with E-state index in [1.54, 1.807) is 25.2 Å². The SMILES string of the molecule is Cc1ccc(C)c(N2C(=O)c3ccc(C(=O)OCC(=O)N(C)Cc4ccc(F)cc4)cc3C2=O)c1. The molecule has 3 aromatic carbocycles. The summed E-state index contributed by atoms with van der Waals surface area (Å²) >= 11 is 0. The molecule has 1 heterocycles. The van der Waals surface area contributed by atoms with E-state index in [4.69, 9.17) is 4.74 Å². The summed E-state index contributed by atoms with van der Waals surface area (Å²) in [5, 5.41) is 0. The largest absolute Gasteiger partial charge is 0.452 e. The van der Waals surface area contributed by atoms with Crippen LogP contribution in [0.25, 0.3) is 0 Å². The van der Waals surface area contributed by atoms with E-state index >= 15 is 0 Å². The van der Waals surface area contributed by atoms with Gasteiger partial charge in [0.1, 0.15) is 5.82 Å². The topological polar surface area (TPSA) is 84.0 Å². The lowest BCUT2D eigenvalue weighted by Crippen LogP contribution is -2.30. The van der Waals surface area contributed by atoms with Crippen LogP contribution in [-0.2, 0) is 16.1 Å². The van der Waals surface area contributed by atoms with Crippen LogP contribution in [0.15, 0.2) is 60.7 Å². The van der Waals surface area contributed by atoms with Gasteiger partial charge in [0.05, 0.1) is 22.4 Å². The predicted molar refractivity (Wildman–Crippen MR) is 127 cm³/mol. The van der Waals surface area contributed by atoms with Crippen LogP contribution < -0.4 is 4.90 Å². The highest BCUT2D eigenvalue weighted by atomic mass is 19.1. The maximum absolute atomic E-state index is 13.1. The van der Waals surface area contributed by atoms with Crippen molar-refractivity contribution in [2.75, 3.05) is 18.6 Å². The molecule has 3 amide bonds. The second-order valence-corrected chi connectivity index (χ2v) is 8.45. The molecule has 4 rings (SSSR count). The molecule has 35 heavy (non-hydrogen) atoms. The molecule has 0 spiro atoms. The molecular weight excluding hydrogens is 451 g/mol. The van der Waals surface area contributed by atoms with Gasteiger partial charge < -0.3 is 9.64 Å². The number of esters is 1. The van der Waals surface area contributed by atoms with Crippen molar-refractivity contribution in [3.05, 3.63) is 99.9 Å². The zero-order valence-electron chi connectivity index (χ0n) is 19.5. The van der Waals surface area contributed by atoms with E-state index in [0.717, 1.165) is 21.6 Å². The Hall–Kier alpha value is -4.33. The number of benzene rings is 3. The van der Waals surface area contributed by atoms with Gasteiger partial charge in [0.2, 0.25) is 0 Å². The fourth-order valence-corrected chi connectivity index (χ4v) is 3.82. The van der Waals surface area contributed by atoms with Crippen LogP contribution in [0.1, 0.15) is 47.8 Å². The molecule has 0 saturated heterocycles. The van der Waals surface area contributed by atoms with Gasteiger partial charge in [-0.2, -0.15) is 0 Å². The highest BCUT2D eigenvalue weighted by Crippen LogP contribution is 2.31. The van der Waals surface area contributed by atoms with E-state index < -0.39 is 30.3 Å². The molecule has 1 aliphatic heterocycles. The van der Waals surface area contributed by atoms with E-state index in [-0.39, 0.29) is 29.1 Å². The van der Waals surface area contributed by atoms with Gasteiger partial charge in [0, 0.05) is 13.6 Å². The number of imide groups is 1. The van der Waals surface area contributed by atoms with E-state index in [2.05, 4.69) is 0 Å². The molecule has 0 atom stereocenters. The van der Waals surface area contributed by atoms with Crippen molar-refractivity contribution in [3.63, 3.8) is 0 Å². The average molecular weight is 474 g/mol. The minimum absolute atomic E-state index is 0.0571. The summed E-state index contributed by atoms with van der Waals surface area (Å²) in [6.07, 6.45) is 0. The molecule has 8 heteroatoms. The van der Waals surface area contributed by atoms with E-state index in [1.165, 1.54) is 35.2 Å². The molecule has 0 unspecified atom stereocenters. The fraction of sp³-hybridized carbons (Fsp3) is 0.185. The molecule has 1 aliphatic rings. The van der Waals surface area contributed by atoms with Gasteiger partial charge in [0.25, 0.3) is 17.7 Å². The van der Waals surface area contributed by atoms with Crippen molar-refractivity contribution < 1.29 is 28.3 Å². The summed E-state index contributed by atoms with van der Waals surface area (Å²) in [5.74, 6) is -2.60. The Morgan fingerprint density at radius 2 is 1.60 bits per heavy atom. The van der Waals surface area contributed by atoms with Crippen molar-refractivity contribution in [3.8, 4) is 0 Å². The number of aryl methyl sites for hydroxylation is 2. The third kappa shape index (κ3) is 4.82. The third-order valence-corrected chi connectivity index (χ3v) is 5.81. The minimum Gasteiger partial charge on any atom is -0.452 e. The Balaban J connectivity index is 1.44. The molecule has 178 valence electrons. The van der Waals surface area contributed by atoms with E-state index in [9.17, 15) is 23.6 Å². The van der Waals surface area contributed by atoms with Gasteiger partial charge in [-0.1, -0.05) is 24.3 Å². The Labute approximate surface area is 201 Å². The first-order valence-corrected chi connectivity index (χ1v) is 10.9. The van der Waals surface area contributed by atoms with Crippen molar-refractivity contribution >= 4 is 29.4 Å².